The molecule has 242 valence electrons. The second-order valence-electron chi connectivity index (χ2n) is 11.9. The number of carbonyl (C=O) groups is 2. The van der Waals surface area contributed by atoms with Gasteiger partial charge in [-0.2, -0.15) is 0 Å². The lowest BCUT2D eigenvalue weighted by Crippen LogP contribution is -2.48. The molecular weight excluding hydrogens is 641 g/mol. The molecule has 8 nitrogen and oxygen atoms in total. The molecular formula is C35H39Cl2N5O3S. The largest absolute Gasteiger partial charge is 0.390 e. The minimum Gasteiger partial charge on any atom is -0.390 e. The molecule has 3 N–H and O–H groups in total. The molecule has 1 aliphatic rings. The number of nitrogens with zero attached hydrogens (tertiary/aromatic N) is 3. The van der Waals surface area contributed by atoms with Crippen LogP contribution in [0.25, 0.3) is 0 Å². The molecule has 1 saturated heterocycles. The van der Waals surface area contributed by atoms with Crippen molar-refractivity contribution in [1.82, 2.24) is 20.5 Å². The smallest absolute Gasteiger partial charge is 0.254 e. The third-order valence-corrected chi connectivity index (χ3v) is 9.56. The molecule has 2 heterocycles. The molecule has 1 aromatic heterocycles. The maximum absolute atomic E-state index is 13.9. The number of benzene rings is 3. The zero-order valence-corrected chi connectivity index (χ0v) is 28.5. The number of nitrogens with one attached hydrogen (secondary N) is 2. The van der Waals surface area contributed by atoms with Crippen LogP contribution < -0.4 is 15.5 Å². The minimum absolute atomic E-state index is 0.0765. The summed E-state index contributed by atoms with van der Waals surface area (Å²) in [5, 5.41) is 21.7. The number of aliphatic hydroxyl groups is 1. The standard InChI is InChI=1S/C35H39Cl2N5O3S/c1-22-21-46-34(39-22)31-10-7-11-42(31)35(45)26-15-25(16-29(17-26)41(2)3)33(44)40-30(14-23-8-5-4-6-9-23)32(43)20-38-19-24-12-27(36)18-28(37)13-24/h4-6,8-9,12-13,15-18,21,30-32,38,43H,7,10-11,14,19-20H2,1-3H3,(H,40,44)/t30-,31+,32-/m0/s1. The topological polar surface area (TPSA) is 97.8 Å². The third kappa shape index (κ3) is 8.66. The molecule has 46 heavy (non-hydrogen) atoms. The zero-order valence-electron chi connectivity index (χ0n) is 26.2. The van der Waals surface area contributed by atoms with Crippen LogP contribution in [-0.2, 0) is 13.0 Å². The summed E-state index contributed by atoms with van der Waals surface area (Å²) >= 11 is 13.9. The van der Waals surface area contributed by atoms with Gasteiger partial charge in [-0.25, -0.2) is 4.98 Å². The molecule has 1 fully saturated rings. The first kappa shape index (κ1) is 33.9. The number of likely N-dealkylation sites (tertiary alicyclic amines) is 1. The van der Waals surface area contributed by atoms with Crippen LogP contribution in [0.3, 0.4) is 0 Å². The SMILES string of the molecule is Cc1csc([C@H]2CCCN2C(=O)c2cc(C(=O)N[C@@H](Cc3ccccc3)[C@@H](O)CNCc3cc(Cl)cc(Cl)c3)cc(N(C)C)c2)n1. The lowest BCUT2D eigenvalue weighted by atomic mass is 9.99. The number of hydrogen-bond acceptors (Lipinski definition) is 7. The summed E-state index contributed by atoms with van der Waals surface area (Å²) in [4.78, 5) is 36.2. The van der Waals surface area contributed by atoms with Crippen molar-refractivity contribution in [1.29, 1.82) is 0 Å². The summed E-state index contributed by atoms with van der Waals surface area (Å²) in [7, 11) is 3.76. The molecule has 0 spiro atoms. The molecule has 0 saturated carbocycles. The number of aryl methyl sites for hydroxylation is 1. The van der Waals surface area contributed by atoms with Crippen molar-refractivity contribution < 1.29 is 14.7 Å². The molecule has 0 radical (unpaired) electrons. The molecule has 1 aliphatic heterocycles. The Morgan fingerprint density at radius 3 is 2.43 bits per heavy atom. The summed E-state index contributed by atoms with van der Waals surface area (Å²) in [6, 6.07) is 19.6. The molecule has 4 aromatic rings. The number of rotatable bonds is 12. The van der Waals surface area contributed by atoms with Crippen molar-refractivity contribution in [2.75, 3.05) is 32.1 Å². The van der Waals surface area contributed by atoms with Gasteiger partial charge < -0.3 is 25.5 Å². The molecule has 5 rings (SSSR count). The van der Waals surface area contributed by atoms with Gasteiger partial charge in [-0.05, 0) is 73.7 Å². The van der Waals surface area contributed by atoms with Gasteiger partial charge >= 0.3 is 0 Å². The summed E-state index contributed by atoms with van der Waals surface area (Å²) in [5.41, 5.74) is 4.34. The number of aliphatic hydroxyl groups excluding tert-OH is 1. The van der Waals surface area contributed by atoms with Gasteiger partial charge in [0.15, 0.2) is 0 Å². The Kier molecular flexibility index (Phi) is 11.4. The number of amides is 2. The van der Waals surface area contributed by atoms with Crippen molar-refractivity contribution in [3.8, 4) is 0 Å². The summed E-state index contributed by atoms with van der Waals surface area (Å²) in [6.45, 7) is 3.25. The first-order valence-corrected chi connectivity index (χ1v) is 16.9. The molecule has 0 bridgehead atoms. The van der Waals surface area contributed by atoms with Crippen LogP contribution in [0.1, 0.15) is 61.4 Å². The van der Waals surface area contributed by atoms with Crippen LogP contribution in [0.5, 0.6) is 0 Å². The number of aromatic nitrogens is 1. The van der Waals surface area contributed by atoms with Crippen LogP contribution in [0, 0.1) is 6.92 Å². The zero-order chi connectivity index (χ0) is 32.8. The lowest BCUT2D eigenvalue weighted by molar-refractivity contribution is 0.0735. The first-order chi connectivity index (χ1) is 22.1. The van der Waals surface area contributed by atoms with Crippen molar-refractivity contribution in [2.45, 2.75) is 50.9 Å². The van der Waals surface area contributed by atoms with Crippen molar-refractivity contribution in [3.05, 3.63) is 115 Å². The van der Waals surface area contributed by atoms with Crippen LogP contribution in [0.4, 0.5) is 5.69 Å². The van der Waals surface area contributed by atoms with E-state index in [9.17, 15) is 14.7 Å². The number of hydrogen-bond donors (Lipinski definition) is 3. The average molecular weight is 681 g/mol. The molecule has 11 heteroatoms. The maximum atomic E-state index is 13.9. The number of halogens is 2. The van der Waals surface area contributed by atoms with Gasteiger partial charge in [0, 0.05) is 71.7 Å². The maximum Gasteiger partial charge on any atom is 0.254 e. The van der Waals surface area contributed by atoms with E-state index in [1.54, 1.807) is 29.5 Å². The highest BCUT2D eigenvalue weighted by Gasteiger charge is 2.33. The van der Waals surface area contributed by atoms with Gasteiger partial charge in [-0.15, -0.1) is 11.3 Å². The minimum atomic E-state index is -0.913. The van der Waals surface area contributed by atoms with E-state index in [1.807, 2.05) is 84.7 Å². The third-order valence-electron chi connectivity index (χ3n) is 8.06. The van der Waals surface area contributed by atoms with Gasteiger partial charge in [-0.3, -0.25) is 9.59 Å². The van der Waals surface area contributed by atoms with Crippen molar-refractivity contribution in [2.24, 2.45) is 0 Å². The normalized spacial score (nSPS) is 15.9. The van der Waals surface area contributed by atoms with Gasteiger partial charge in [0.2, 0.25) is 0 Å². The Morgan fingerprint density at radius 1 is 1.04 bits per heavy atom. The van der Waals surface area contributed by atoms with Crippen LogP contribution >= 0.6 is 34.5 Å². The van der Waals surface area contributed by atoms with E-state index < -0.39 is 12.1 Å². The van der Waals surface area contributed by atoms with E-state index in [4.69, 9.17) is 23.2 Å². The Labute approximate surface area is 284 Å². The summed E-state index contributed by atoms with van der Waals surface area (Å²) in [6.07, 6.45) is 1.26. The monoisotopic (exact) mass is 679 g/mol. The number of anilines is 1. The van der Waals surface area contributed by atoms with Crippen LogP contribution in [0.15, 0.2) is 72.1 Å². The van der Waals surface area contributed by atoms with Gasteiger partial charge in [0.1, 0.15) is 5.01 Å². The lowest BCUT2D eigenvalue weighted by Gasteiger charge is -2.26. The fourth-order valence-corrected chi connectivity index (χ4v) is 7.22. The highest BCUT2D eigenvalue weighted by Crippen LogP contribution is 2.35. The van der Waals surface area contributed by atoms with E-state index in [0.29, 0.717) is 40.7 Å². The van der Waals surface area contributed by atoms with E-state index in [2.05, 4.69) is 15.6 Å². The Hall–Kier alpha value is -3.47. The van der Waals surface area contributed by atoms with E-state index >= 15 is 0 Å². The predicted molar refractivity (Wildman–Crippen MR) is 186 cm³/mol. The van der Waals surface area contributed by atoms with E-state index in [-0.39, 0.29) is 24.4 Å². The van der Waals surface area contributed by atoms with Gasteiger partial charge in [0.05, 0.1) is 18.2 Å². The average Bonchev–Trinajstić information content (AvgIpc) is 3.69. The second-order valence-corrected chi connectivity index (χ2v) is 13.7. The Morgan fingerprint density at radius 2 is 1.76 bits per heavy atom. The first-order valence-electron chi connectivity index (χ1n) is 15.3. The van der Waals surface area contributed by atoms with Crippen LogP contribution in [-0.4, -0.2) is 66.1 Å². The highest BCUT2D eigenvalue weighted by atomic mass is 35.5. The highest BCUT2D eigenvalue weighted by molar-refractivity contribution is 7.09. The molecule has 2 amide bonds. The quantitative estimate of drug-likeness (QED) is 0.163. The molecule has 0 aliphatic carbocycles. The van der Waals surface area contributed by atoms with E-state index in [1.165, 1.54) is 0 Å². The summed E-state index contributed by atoms with van der Waals surface area (Å²) in [5.74, 6) is -0.493. The van der Waals surface area contributed by atoms with E-state index in [0.717, 1.165) is 40.4 Å². The van der Waals surface area contributed by atoms with Crippen molar-refractivity contribution >= 4 is 52.0 Å². The van der Waals surface area contributed by atoms with Gasteiger partial charge in [-0.1, -0.05) is 53.5 Å². The Bertz CT molecular complexity index is 1640. The number of thiazole rings is 1. The molecule has 3 aromatic carbocycles. The van der Waals surface area contributed by atoms with Crippen LogP contribution in [0.2, 0.25) is 10.0 Å². The number of carbonyl (C=O) groups excluding carboxylic acids is 2. The summed E-state index contributed by atoms with van der Waals surface area (Å²) < 4.78 is 0. The van der Waals surface area contributed by atoms with Gasteiger partial charge in [0.25, 0.3) is 11.8 Å². The Balaban J connectivity index is 1.35. The molecule has 3 atom stereocenters. The predicted octanol–water partition coefficient (Wildman–Crippen LogP) is 6.29. The fourth-order valence-electron chi connectivity index (χ4n) is 5.70. The fraction of sp³-hybridized carbons (Fsp3) is 0.343. The van der Waals surface area contributed by atoms with Crippen molar-refractivity contribution in [3.63, 3.8) is 0 Å². The molecule has 0 unspecified atom stereocenters. The second kappa shape index (κ2) is 15.4.